The van der Waals surface area contributed by atoms with E-state index < -0.39 is 11.8 Å². The number of anilines is 2. The number of ether oxygens (including phenoxy) is 1. The molecular formula is C30H21ClN2O3S. The SMILES string of the molecule is O=C1C(=Cc2ccccc2OCc2ccccc2Cl)C(=O)N(c2ccccc2)C(=S)N1c1ccccc1. The van der Waals surface area contributed by atoms with Crippen molar-refractivity contribution < 1.29 is 14.3 Å². The van der Waals surface area contributed by atoms with Gasteiger partial charge in [0.2, 0.25) is 0 Å². The van der Waals surface area contributed by atoms with E-state index in [-0.39, 0.29) is 17.3 Å². The smallest absolute Gasteiger partial charge is 0.270 e. The van der Waals surface area contributed by atoms with Crippen LogP contribution >= 0.6 is 23.8 Å². The molecule has 0 unspecified atom stereocenters. The number of thiocarbonyl (C=S) groups is 1. The molecule has 0 aliphatic carbocycles. The highest BCUT2D eigenvalue weighted by molar-refractivity contribution is 7.81. The molecule has 1 saturated heterocycles. The van der Waals surface area contributed by atoms with E-state index in [2.05, 4.69) is 0 Å². The van der Waals surface area contributed by atoms with E-state index >= 15 is 0 Å². The summed E-state index contributed by atoms with van der Waals surface area (Å²) in [5.41, 5.74) is 2.52. The van der Waals surface area contributed by atoms with Crippen LogP contribution in [0, 0.1) is 0 Å². The van der Waals surface area contributed by atoms with Crippen LogP contribution in [0.15, 0.2) is 115 Å². The maximum atomic E-state index is 13.7. The number of hydrogen-bond donors (Lipinski definition) is 0. The van der Waals surface area contributed by atoms with Gasteiger partial charge >= 0.3 is 0 Å². The van der Waals surface area contributed by atoms with Gasteiger partial charge in [-0.05, 0) is 54.7 Å². The average Bonchev–Trinajstić information content (AvgIpc) is 2.92. The summed E-state index contributed by atoms with van der Waals surface area (Å²) in [5, 5.41) is 0.689. The number of carbonyl (C=O) groups is 2. The van der Waals surface area contributed by atoms with Crippen LogP contribution < -0.4 is 14.5 Å². The molecule has 1 fully saturated rings. The average molecular weight is 525 g/mol. The number of nitrogens with zero attached hydrogens (tertiary/aromatic N) is 2. The van der Waals surface area contributed by atoms with Gasteiger partial charge in [0.15, 0.2) is 5.11 Å². The van der Waals surface area contributed by atoms with E-state index in [1.165, 1.54) is 9.80 Å². The van der Waals surface area contributed by atoms with Crippen molar-refractivity contribution in [1.29, 1.82) is 0 Å². The predicted molar refractivity (Wildman–Crippen MR) is 151 cm³/mol. The quantitative estimate of drug-likeness (QED) is 0.161. The van der Waals surface area contributed by atoms with Crippen molar-refractivity contribution in [3.05, 3.63) is 131 Å². The fraction of sp³-hybridized carbons (Fsp3) is 0.0333. The summed E-state index contributed by atoms with van der Waals surface area (Å²) >= 11 is 11.9. The van der Waals surface area contributed by atoms with Crippen molar-refractivity contribution >= 4 is 58.2 Å². The molecule has 0 aromatic heterocycles. The summed E-state index contributed by atoms with van der Waals surface area (Å²) in [4.78, 5) is 30.2. The third-order valence-electron chi connectivity index (χ3n) is 5.84. The van der Waals surface area contributed by atoms with E-state index in [4.69, 9.17) is 28.6 Å². The number of hydrogen-bond acceptors (Lipinski definition) is 4. The fourth-order valence-electron chi connectivity index (χ4n) is 4.00. The Morgan fingerprint density at radius 2 is 1.22 bits per heavy atom. The minimum atomic E-state index is -0.505. The Kier molecular flexibility index (Phi) is 7.12. The van der Waals surface area contributed by atoms with E-state index in [1.54, 1.807) is 48.5 Å². The molecule has 0 saturated carbocycles. The second-order valence-electron chi connectivity index (χ2n) is 8.21. The number of rotatable bonds is 6. The first kappa shape index (κ1) is 24.4. The van der Waals surface area contributed by atoms with Crippen LogP contribution in [0.4, 0.5) is 11.4 Å². The molecule has 37 heavy (non-hydrogen) atoms. The van der Waals surface area contributed by atoms with Gasteiger partial charge < -0.3 is 4.74 Å². The lowest BCUT2D eigenvalue weighted by Gasteiger charge is -2.36. The number of benzene rings is 4. The van der Waals surface area contributed by atoms with Crippen LogP contribution in [0.5, 0.6) is 5.75 Å². The second-order valence-corrected chi connectivity index (χ2v) is 8.98. The largest absolute Gasteiger partial charge is 0.488 e. The molecule has 7 heteroatoms. The van der Waals surface area contributed by atoms with Gasteiger partial charge in [-0.2, -0.15) is 0 Å². The van der Waals surface area contributed by atoms with Crippen LogP contribution in [-0.2, 0) is 16.2 Å². The van der Waals surface area contributed by atoms with Gasteiger partial charge in [0.25, 0.3) is 11.8 Å². The van der Waals surface area contributed by atoms with E-state index in [1.807, 2.05) is 66.7 Å². The van der Waals surface area contributed by atoms with Crippen LogP contribution in [0.1, 0.15) is 11.1 Å². The lowest BCUT2D eigenvalue weighted by atomic mass is 10.0. The molecule has 1 heterocycles. The zero-order valence-electron chi connectivity index (χ0n) is 19.6. The zero-order valence-corrected chi connectivity index (χ0v) is 21.2. The molecule has 0 bridgehead atoms. The van der Waals surface area contributed by atoms with Crippen LogP contribution in [0.3, 0.4) is 0 Å². The molecule has 0 atom stereocenters. The van der Waals surface area contributed by atoms with Crippen molar-refractivity contribution in [2.75, 3.05) is 9.80 Å². The van der Waals surface area contributed by atoms with Gasteiger partial charge in [-0.15, -0.1) is 0 Å². The standard InChI is InChI=1S/C30H21ClN2O3S/c31-26-17-9-7-12-22(26)20-36-27-18-10-8-11-21(27)19-25-28(34)32(23-13-3-1-4-14-23)30(37)33(29(25)35)24-15-5-2-6-16-24/h1-19H,20H2. The first-order valence-electron chi connectivity index (χ1n) is 11.5. The highest BCUT2D eigenvalue weighted by Gasteiger charge is 2.41. The lowest BCUT2D eigenvalue weighted by molar-refractivity contribution is -0.120. The van der Waals surface area contributed by atoms with E-state index in [0.717, 1.165) is 5.56 Å². The molecule has 0 N–H and O–H groups in total. The van der Waals surface area contributed by atoms with Gasteiger partial charge in [-0.25, -0.2) is 0 Å². The van der Waals surface area contributed by atoms with Gasteiger partial charge in [0.1, 0.15) is 17.9 Å². The van der Waals surface area contributed by atoms with Crippen molar-refractivity contribution in [3.8, 4) is 5.75 Å². The summed E-state index contributed by atoms with van der Waals surface area (Å²) in [6.45, 7) is 0.234. The molecule has 0 radical (unpaired) electrons. The van der Waals surface area contributed by atoms with Crippen molar-refractivity contribution in [1.82, 2.24) is 0 Å². The Bertz CT molecular complexity index is 1440. The van der Waals surface area contributed by atoms with E-state index in [9.17, 15) is 9.59 Å². The van der Waals surface area contributed by atoms with Gasteiger partial charge in [0, 0.05) is 16.1 Å². The summed E-state index contributed by atoms with van der Waals surface area (Å²) in [5.74, 6) is -0.496. The molecule has 1 aliphatic rings. The lowest BCUT2D eigenvalue weighted by Crippen LogP contribution is -2.56. The molecule has 4 aromatic carbocycles. The van der Waals surface area contributed by atoms with Crippen molar-refractivity contribution in [2.45, 2.75) is 6.61 Å². The fourth-order valence-corrected chi connectivity index (χ4v) is 4.56. The predicted octanol–water partition coefficient (Wildman–Crippen LogP) is 6.67. The number of carbonyl (C=O) groups excluding carboxylic acids is 2. The molecular weight excluding hydrogens is 504 g/mol. The van der Waals surface area contributed by atoms with Crippen LogP contribution in [-0.4, -0.2) is 16.9 Å². The Morgan fingerprint density at radius 1 is 0.703 bits per heavy atom. The van der Waals surface area contributed by atoms with Crippen LogP contribution in [0.2, 0.25) is 5.02 Å². The molecule has 182 valence electrons. The molecule has 1 aliphatic heterocycles. The summed E-state index contributed by atoms with van der Waals surface area (Å²) < 4.78 is 6.06. The number of halogens is 1. The molecule has 4 aromatic rings. The normalized spacial score (nSPS) is 13.6. The number of amides is 2. The minimum absolute atomic E-state index is 0.0323. The van der Waals surface area contributed by atoms with Crippen molar-refractivity contribution in [2.24, 2.45) is 0 Å². The van der Waals surface area contributed by atoms with Crippen molar-refractivity contribution in [3.63, 3.8) is 0 Å². The summed E-state index contributed by atoms with van der Waals surface area (Å²) in [6.07, 6.45) is 1.56. The maximum Gasteiger partial charge on any atom is 0.270 e. The highest BCUT2D eigenvalue weighted by Crippen LogP contribution is 2.31. The zero-order chi connectivity index (χ0) is 25.8. The summed E-state index contributed by atoms with van der Waals surface area (Å²) in [7, 11) is 0. The third kappa shape index (κ3) is 5.03. The maximum absolute atomic E-state index is 13.7. The first-order valence-corrected chi connectivity index (χ1v) is 12.3. The van der Waals surface area contributed by atoms with Gasteiger partial charge in [0.05, 0.1) is 11.4 Å². The van der Waals surface area contributed by atoms with Crippen LogP contribution in [0.25, 0.3) is 6.08 Å². The minimum Gasteiger partial charge on any atom is -0.488 e. The Labute approximate surface area is 225 Å². The highest BCUT2D eigenvalue weighted by atomic mass is 35.5. The summed E-state index contributed by atoms with van der Waals surface area (Å²) in [6, 6.07) is 32.7. The third-order valence-corrected chi connectivity index (χ3v) is 6.57. The molecule has 5 nitrogen and oxygen atoms in total. The van der Waals surface area contributed by atoms with Gasteiger partial charge in [-0.3, -0.25) is 19.4 Å². The van der Waals surface area contributed by atoms with Gasteiger partial charge in [-0.1, -0.05) is 84.4 Å². The second kappa shape index (κ2) is 10.8. The molecule has 5 rings (SSSR count). The Morgan fingerprint density at radius 3 is 1.81 bits per heavy atom. The Balaban J connectivity index is 1.56. The number of para-hydroxylation sites is 3. The Hall–Kier alpha value is -4.26. The topological polar surface area (TPSA) is 49.9 Å². The monoisotopic (exact) mass is 524 g/mol. The molecule has 2 amide bonds. The first-order chi connectivity index (χ1) is 18.0. The van der Waals surface area contributed by atoms with E-state index in [0.29, 0.717) is 27.7 Å². The molecule has 0 spiro atoms.